The number of nitrogens with one attached hydrogen (secondary N) is 1. The molecule has 1 atom stereocenters. The topological polar surface area (TPSA) is 75.7 Å². The van der Waals surface area contributed by atoms with Gasteiger partial charge in [0.1, 0.15) is 5.75 Å². The van der Waals surface area contributed by atoms with Crippen LogP contribution in [0.5, 0.6) is 5.75 Å². The summed E-state index contributed by atoms with van der Waals surface area (Å²) < 4.78 is 29.7. The fourth-order valence-corrected chi connectivity index (χ4v) is 2.82. The molecule has 26 heavy (non-hydrogen) atoms. The molecule has 0 aliphatic heterocycles. The normalized spacial score (nSPS) is 12.3. The van der Waals surface area contributed by atoms with Gasteiger partial charge >= 0.3 is 0 Å². The molecular weight excluding hydrogens is 352 g/mol. The number of carbonyl (C=O) groups excluding carboxylic acids is 1. The van der Waals surface area contributed by atoms with Crippen LogP contribution in [-0.4, -0.2) is 34.2 Å². The molecule has 0 heterocycles. The highest BCUT2D eigenvalue weighted by Gasteiger charge is 2.12. The summed E-state index contributed by atoms with van der Waals surface area (Å²) in [5.74, 6) is 0.268. The van der Waals surface area contributed by atoms with Gasteiger partial charge in [0.15, 0.2) is 6.61 Å². The van der Waals surface area contributed by atoms with Crippen LogP contribution in [0.2, 0.25) is 0 Å². The zero-order chi connectivity index (χ0) is 19.3. The van der Waals surface area contributed by atoms with Crippen LogP contribution >= 0.6 is 0 Å². The van der Waals surface area contributed by atoms with Crippen molar-refractivity contribution in [1.82, 2.24) is 5.32 Å². The number of aryl methyl sites for hydroxylation is 1. The summed E-state index contributed by atoms with van der Waals surface area (Å²) in [5, 5.41) is 2.88. The molecule has 2 rings (SSSR count). The van der Waals surface area contributed by atoms with Crippen LogP contribution in [0.3, 0.4) is 0 Å². The van der Waals surface area contributed by atoms with Gasteiger partial charge in [-0.2, -0.15) is 0 Å². The number of ether oxygens (including phenoxy) is 1. The first-order chi connectivity index (χ1) is 12.2. The third-order valence-corrected chi connectivity index (χ3v) is 5.23. The largest absolute Gasteiger partial charge is 0.484 e. The Morgan fingerprint density at radius 1 is 1.12 bits per heavy atom. The van der Waals surface area contributed by atoms with Gasteiger partial charge in [0.05, 0.1) is 18.0 Å². The van der Waals surface area contributed by atoms with Crippen LogP contribution in [0, 0.1) is 6.92 Å². The molecule has 7 heteroatoms. The van der Waals surface area contributed by atoms with Crippen molar-refractivity contribution >= 4 is 21.6 Å². The molecule has 140 valence electrons. The maximum atomic E-state index is 12.1. The van der Waals surface area contributed by atoms with Crippen LogP contribution in [0.4, 0.5) is 5.69 Å². The molecule has 0 bridgehead atoms. The average Bonchev–Trinajstić information content (AvgIpc) is 2.59. The Morgan fingerprint density at radius 3 is 2.23 bits per heavy atom. The number of sulfonamides is 1. The van der Waals surface area contributed by atoms with Crippen molar-refractivity contribution in [3.63, 3.8) is 0 Å². The smallest absolute Gasteiger partial charge is 0.258 e. The number of nitrogens with zero attached hydrogens (tertiary/aromatic N) is 1. The van der Waals surface area contributed by atoms with Crippen molar-refractivity contribution in [1.29, 1.82) is 0 Å². The Balaban J connectivity index is 1.88. The van der Waals surface area contributed by atoms with E-state index in [0.717, 1.165) is 11.8 Å². The predicted octanol–water partition coefficient (Wildman–Crippen LogP) is 2.65. The number of benzene rings is 2. The summed E-state index contributed by atoms with van der Waals surface area (Å²) in [6, 6.07) is 14.4. The monoisotopic (exact) mass is 376 g/mol. The third-order valence-electron chi connectivity index (χ3n) is 4.02. The first-order valence-corrected chi connectivity index (χ1v) is 10.0. The van der Waals surface area contributed by atoms with Crippen LogP contribution in [0.25, 0.3) is 0 Å². The van der Waals surface area contributed by atoms with E-state index in [1.165, 1.54) is 16.9 Å². The number of hydrogen-bond donors (Lipinski definition) is 1. The van der Waals surface area contributed by atoms with Gasteiger partial charge in [-0.25, -0.2) is 8.42 Å². The lowest BCUT2D eigenvalue weighted by Crippen LogP contribution is -2.31. The lowest BCUT2D eigenvalue weighted by molar-refractivity contribution is -0.123. The molecule has 1 N–H and O–H groups in total. The Labute approximate surface area is 154 Å². The van der Waals surface area contributed by atoms with E-state index >= 15 is 0 Å². The van der Waals surface area contributed by atoms with Crippen molar-refractivity contribution in [2.75, 3.05) is 24.2 Å². The maximum Gasteiger partial charge on any atom is 0.258 e. The van der Waals surface area contributed by atoms with Gasteiger partial charge in [0, 0.05) is 7.05 Å². The van der Waals surface area contributed by atoms with E-state index in [9.17, 15) is 13.2 Å². The highest BCUT2D eigenvalue weighted by atomic mass is 32.2. The standard InChI is InChI=1S/C19H24N2O4S/c1-14-5-7-16(8-6-14)15(2)20-19(22)13-25-18-11-9-17(10-12-18)21(3)26(4,23)24/h5-12,15H,13H2,1-4H3,(H,20,22)/t15-/m0/s1. The second kappa shape index (κ2) is 8.23. The SMILES string of the molecule is Cc1ccc([C@H](C)NC(=O)COc2ccc(N(C)S(C)(=O)=O)cc2)cc1. The third kappa shape index (κ3) is 5.49. The van der Waals surface area contributed by atoms with Gasteiger partial charge in [0.25, 0.3) is 5.91 Å². The van der Waals surface area contributed by atoms with E-state index < -0.39 is 10.0 Å². The molecule has 6 nitrogen and oxygen atoms in total. The second-order valence-corrected chi connectivity index (χ2v) is 8.23. The summed E-state index contributed by atoms with van der Waals surface area (Å²) in [6.07, 6.45) is 1.14. The van der Waals surface area contributed by atoms with Crippen LogP contribution in [-0.2, 0) is 14.8 Å². The molecule has 1 amide bonds. The highest BCUT2D eigenvalue weighted by Crippen LogP contribution is 2.20. The van der Waals surface area contributed by atoms with Crippen molar-refractivity contribution in [3.8, 4) is 5.75 Å². The molecular formula is C19H24N2O4S. The first-order valence-electron chi connectivity index (χ1n) is 8.19. The van der Waals surface area contributed by atoms with Gasteiger partial charge in [0.2, 0.25) is 10.0 Å². The van der Waals surface area contributed by atoms with E-state index in [0.29, 0.717) is 11.4 Å². The fourth-order valence-electron chi connectivity index (χ4n) is 2.31. The quantitative estimate of drug-likeness (QED) is 0.806. The van der Waals surface area contributed by atoms with Crippen molar-refractivity contribution in [2.24, 2.45) is 0 Å². The summed E-state index contributed by atoms with van der Waals surface area (Å²) in [6.45, 7) is 3.82. The van der Waals surface area contributed by atoms with Crippen molar-refractivity contribution in [2.45, 2.75) is 19.9 Å². The predicted molar refractivity (Wildman–Crippen MR) is 103 cm³/mol. The second-order valence-electron chi connectivity index (χ2n) is 6.21. The highest BCUT2D eigenvalue weighted by molar-refractivity contribution is 7.92. The Hall–Kier alpha value is -2.54. The fraction of sp³-hybridized carbons (Fsp3) is 0.316. The lowest BCUT2D eigenvalue weighted by atomic mass is 10.1. The molecule has 0 aliphatic carbocycles. The molecule has 0 spiro atoms. The van der Waals surface area contributed by atoms with Gasteiger partial charge < -0.3 is 10.1 Å². The van der Waals surface area contributed by atoms with Gasteiger partial charge in [-0.1, -0.05) is 29.8 Å². The number of anilines is 1. The van der Waals surface area contributed by atoms with Gasteiger partial charge in [-0.15, -0.1) is 0 Å². The molecule has 2 aromatic carbocycles. The number of carbonyl (C=O) groups is 1. The molecule has 0 aliphatic rings. The number of rotatable bonds is 7. The Kier molecular flexibility index (Phi) is 6.26. The zero-order valence-corrected chi connectivity index (χ0v) is 16.2. The molecule has 0 fully saturated rings. The van der Waals surface area contributed by atoms with Gasteiger partial charge in [-0.3, -0.25) is 9.10 Å². The minimum atomic E-state index is -3.31. The van der Waals surface area contributed by atoms with Crippen LogP contribution < -0.4 is 14.4 Å². The lowest BCUT2D eigenvalue weighted by Gasteiger charge is -2.17. The van der Waals surface area contributed by atoms with Crippen molar-refractivity contribution in [3.05, 3.63) is 59.7 Å². The van der Waals surface area contributed by atoms with Crippen LogP contribution in [0.15, 0.2) is 48.5 Å². The van der Waals surface area contributed by atoms with E-state index in [1.807, 2.05) is 38.1 Å². The summed E-state index contributed by atoms with van der Waals surface area (Å²) >= 11 is 0. The molecule has 0 saturated carbocycles. The number of hydrogen-bond acceptors (Lipinski definition) is 4. The number of amides is 1. The summed E-state index contributed by atoms with van der Waals surface area (Å²) in [5.41, 5.74) is 2.72. The van der Waals surface area contributed by atoms with Gasteiger partial charge in [-0.05, 0) is 43.7 Å². The minimum absolute atomic E-state index is 0.113. The summed E-state index contributed by atoms with van der Waals surface area (Å²) in [4.78, 5) is 12.1. The average molecular weight is 376 g/mol. The molecule has 0 saturated heterocycles. The maximum absolute atomic E-state index is 12.1. The van der Waals surface area contributed by atoms with Crippen molar-refractivity contribution < 1.29 is 17.9 Å². The zero-order valence-electron chi connectivity index (χ0n) is 15.4. The van der Waals surface area contributed by atoms with E-state index in [2.05, 4.69) is 5.32 Å². The first kappa shape index (κ1) is 19.8. The Bertz CT molecular complexity index is 846. The Morgan fingerprint density at radius 2 is 1.69 bits per heavy atom. The molecule has 0 aromatic heterocycles. The van der Waals surface area contributed by atoms with Crippen LogP contribution in [0.1, 0.15) is 24.1 Å². The summed E-state index contributed by atoms with van der Waals surface area (Å²) in [7, 11) is -1.83. The minimum Gasteiger partial charge on any atom is -0.484 e. The molecule has 0 unspecified atom stereocenters. The molecule has 0 radical (unpaired) electrons. The van der Waals surface area contributed by atoms with E-state index in [4.69, 9.17) is 4.74 Å². The molecule has 2 aromatic rings. The van der Waals surface area contributed by atoms with E-state index in [-0.39, 0.29) is 18.6 Å². The van der Waals surface area contributed by atoms with E-state index in [1.54, 1.807) is 24.3 Å².